The van der Waals surface area contributed by atoms with Crippen LogP contribution >= 0.6 is 0 Å². The van der Waals surface area contributed by atoms with Crippen LogP contribution in [-0.4, -0.2) is 81.9 Å². The van der Waals surface area contributed by atoms with Gasteiger partial charge in [-0.15, -0.1) is 0 Å². The second-order valence-electron chi connectivity index (χ2n) is 16.3. The minimum atomic E-state index is -0.986. The summed E-state index contributed by atoms with van der Waals surface area (Å²) in [4.78, 5) is 62.7. The average molecular weight is 758 g/mol. The van der Waals surface area contributed by atoms with Crippen molar-refractivity contribution in [3.8, 4) is 11.5 Å². The average Bonchev–Trinajstić information content (AvgIpc) is 3.41. The molecular formula is C43H47N7O6. The van der Waals surface area contributed by atoms with E-state index in [1.54, 1.807) is 24.4 Å². The van der Waals surface area contributed by atoms with Gasteiger partial charge < -0.3 is 25.0 Å². The maximum atomic E-state index is 13.2. The SMILES string of the molecule is CC1(C)CN(c2nccc(COc3ccc(C(C)(C)c4ccc(O[C@H]5C[C@@H](Nc6ccc7c(c6)C(=O)N(C6CCC(=O)NC6=O)C7=O)C5)cc4)cc3)n2)CCN1. The molecule has 13 nitrogen and oxygen atoms in total. The first kappa shape index (κ1) is 37.1. The van der Waals surface area contributed by atoms with Gasteiger partial charge in [-0.3, -0.25) is 29.4 Å². The van der Waals surface area contributed by atoms with Gasteiger partial charge in [0.05, 0.1) is 16.8 Å². The summed E-state index contributed by atoms with van der Waals surface area (Å²) in [6.45, 7) is 11.7. The molecule has 1 saturated carbocycles. The summed E-state index contributed by atoms with van der Waals surface area (Å²) >= 11 is 0. The number of fused-ring (bicyclic) bond motifs is 1. The highest BCUT2D eigenvalue weighted by Gasteiger charge is 2.45. The van der Waals surface area contributed by atoms with Crippen molar-refractivity contribution in [1.82, 2.24) is 25.5 Å². The van der Waals surface area contributed by atoms with Crippen molar-refractivity contribution in [3.63, 3.8) is 0 Å². The standard InChI is InChI=1S/C43H47N7O6/c1-42(2)25-49(20-19-45-42)41-44-18-17-29(47-41)24-55-31-10-5-26(6-11-31)43(3,4)27-7-12-32(13-8-27)56-33-21-30(22-33)46-28-9-14-34-35(23-28)40(54)50(39(34)53)36-15-16-37(51)48-38(36)52/h5-14,17-18,23,30,33,36,45-46H,15-16,19-22,24-25H2,1-4H3,(H,48,51,52)/t30-,33+,36?. The summed E-state index contributed by atoms with van der Waals surface area (Å²) in [5.74, 6) is 0.266. The molecule has 4 aliphatic rings. The Hall–Kier alpha value is -5.82. The Bertz CT molecular complexity index is 2160. The van der Waals surface area contributed by atoms with E-state index in [1.807, 2.05) is 30.3 Å². The molecule has 0 spiro atoms. The number of piperidine rings is 1. The Morgan fingerprint density at radius 3 is 2.29 bits per heavy atom. The van der Waals surface area contributed by atoms with Crippen molar-refractivity contribution < 1.29 is 28.7 Å². The molecular weight excluding hydrogens is 711 g/mol. The summed E-state index contributed by atoms with van der Waals surface area (Å²) < 4.78 is 12.4. The zero-order chi connectivity index (χ0) is 39.2. The van der Waals surface area contributed by atoms with Crippen molar-refractivity contribution in [2.45, 2.75) is 89.1 Å². The van der Waals surface area contributed by atoms with Gasteiger partial charge in [0.25, 0.3) is 11.8 Å². The predicted octanol–water partition coefficient (Wildman–Crippen LogP) is 4.99. The second kappa shape index (κ2) is 14.7. The van der Waals surface area contributed by atoms with Crippen LogP contribution in [0, 0.1) is 0 Å². The number of ether oxygens (including phenoxy) is 2. The number of rotatable bonds is 11. The Kier molecular flexibility index (Phi) is 9.73. The highest BCUT2D eigenvalue weighted by Crippen LogP contribution is 2.36. The molecule has 3 aromatic carbocycles. The third kappa shape index (κ3) is 7.55. The van der Waals surface area contributed by atoms with Crippen LogP contribution in [0.15, 0.2) is 79.0 Å². The van der Waals surface area contributed by atoms with E-state index >= 15 is 0 Å². The van der Waals surface area contributed by atoms with E-state index < -0.39 is 29.7 Å². The molecule has 4 aromatic rings. The molecule has 3 aliphatic heterocycles. The lowest BCUT2D eigenvalue weighted by Gasteiger charge is -2.39. The minimum Gasteiger partial charge on any atom is -0.490 e. The lowest BCUT2D eigenvalue weighted by atomic mass is 9.78. The molecule has 290 valence electrons. The summed E-state index contributed by atoms with van der Waals surface area (Å²) in [5.41, 5.74) is 4.17. The van der Waals surface area contributed by atoms with E-state index in [-0.39, 0.29) is 47.1 Å². The number of carbonyl (C=O) groups is 4. The molecule has 2 saturated heterocycles. The van der Waals surface area contributed by atoms with Gasteiger partial charge in [0.1, 0.15) is 30.3 Å². The zero-order valence-electron chi connectivity index (χ0n) is 32.1. The minimum absolute atomic E-state index is 0.0106. The number of hydrogen-bond acceptors (Lipinski definition) is 11. The number of nitrogens with zero attached hydrogens (tertiary/aromatic N) is 4. The lowest BCUT2D eigenvalue weighted by Crippen LogP contribution is -2.57. The fourth-order valence-corrected chi connectivity index (χ4v) is 7.94. The summed E-state index contributed by atoms with van der Waals surface area (Å²) in [7, 11) is 0. The van der Waals surface area contributed by atoms with Gasteiger partial charge in [-0.1, -0.05) is 38.1 Å². The molecule has 1 aliphatic carbocycles. The van der Waals surface area contributed by atoms with Crippen LogP contribution in [0.2, 0.25) is 0 Å². The van der Waals surface area contributed by atoms with Gasteiger partial charge in [0.15, 0.2) is 0 Å². The van der Waals surface area contributed by atoms with Crippen molar-refractivity contribution in [2.75, 3.05) is 29.9 Å². The van der Waals surface area contributed by atoms with E-state index in [1.165, 1.54) is 5.56 Å². The van der Waals surface area contributed by atoms with Gasteiger partial charge in [-0.25, -0.2) is 9.97 Å². The van der Waals surface area contributed by atoms with E-state index in [0.717, 1.165) is 71.8 Å². The third-order valence-electron chi connectivity index (χ3n) is 11.3. The van der Waals surface area contributed by atoms with Gasteiger partial charge in [0, 0.05) is 67.8 Å². The van der Waals surface area contributed by atoms with Crippen LogP contribution in [0.4, 0.5) is 11.6 Å². The molecule has 4 amide bonds. The fourth-order valence-electron chi connectivity index (χ4n) is 7.94. The molecule has 8 rings (SSSR count). The number of nitrogens with one attached hydrogen (secondary N) is 3. The van der Waals surface area contributed by atoms with Gasteiger partial charge in [-0.2, -0.15) is 0 Å². The Balaban J connectivity index is 0.813. The molecule has 3 fully saturated rings. The summed E-state index contributed by atoms with van der Waals surface area (Å²) in [6.07, 6.45) is 3.61. The van der Waals surface area contributed by atoms with Crippen molar-refractivity contribution >= 4 is 35.3 Å². The fraction of sp³-hybridized carbons (Fsp3) is 0.395. The van der Waals surface area contributed by atoms with Crippen molar-refractivity contribution in [1.29, 1.82) is 0 Å². The number of aromatic nitrogens is 2. The highest BCUT2D eigenvalue weighted by molar-refractivity contribution is 6.23. The topological polar surface area (TPSA) is 155 Å². The Labute approximate surface area is 326 Å². The first-order valence-electron chi connectivity index (χ1n) is 19.3. The van der Waals surface area contributed by atoms with E-state index in [9.17, 15) is 19.2 Å². The maximum absolute atomic E-state index is 13.2. The predicted molar refractivity (Wildman–Crippen MR) is 210 cm³/mol. The van der Waals surface area contributed by atoms with Crippen LogP contribution in [0.25, 0.3) is 0 Å². The van der Waals surface area contributed by atoms with E-state index in [0.29, 0.717) is 6.61 Å². The molecule has 0 radical (unpaired) electrons. The molecule has 3 N–H and O–H groups in total. The number of piperazine rings is 1. The summed E-state index contributed by atoms with van der Waals surface area (Å²) in [6, 6.07) is 22.6. The second-order valence-corrected chi connectivity index (χ2v) is 16.3. The molecule has 0 bridgehead atoms. The van der Waals surface area contributed by atoms with E-state index in [4.69, 9.17) is 14.5 Å². The van der Waals surface area contributed by atoms with Crippen LogP contribution < -0.4 is 30.3 Å². The van der Waals surface area contributed by atoms with Crippen LogP contribution in [0.5, 0.6) is 11.5 Å². The van der Waals surface area contributed by atoms with Crippen LogP contribution in [0.1, 0.15) is 90.9 Å². The number of benzene rings is 3. The first-order chi connectivity index (χ1) is 26.8. The number of amides is 4. The smallest absolute Gasteiger partial charge is 0.262 e. The molecule has 56 heavy (non-hydrogen) atoms. The van der Waals surface area contributed by atoms with Crippen molar-refractivity contribution in [3.05, 3.63) is 107 Å². The summed E-state index contributed by atoms with van der Waals surface area (Å²) in [5, 5.41) is 9.20. The van der Waals surface area contributed by atoms with Crippen LogP contribution in [-0.2, 0) is 21.6 Å². The Morgan fingerprint density at radius 2 is 1.59 bits per heavy atom. The first-order valence-corrected chi connectivity index (χ1v) is 19.3. The van der Waals surface area contributed by atoms with Crippen molar-refractivity contribution in [2.24, 2.45) is 0 Å². The molecule has 4 heterocycles. The molecule has 1 aromatic heterocycles. The monoisotopic (exact) mass is 757 g/mol. The quantitative estimate of drug-likeness (QED) is 0.177. The maximum Gasteiger partial charge on any atom is 0.262 e. The highest BCUT2D eigenvalue weighted by atomic mass is 16.5. The van der Waals surface area contributed by atoms with Gasteiger partial charge in [-0.05, 0) is 79.9 Å². The third-order valence-corrected chi connectivity index (χ3v) is 11.3. The van der Waals surface area contributed by atoms with Gasteiger partial charge in [0.2, 0.25) is 17.8 Å². The number of carbonyl (C=O) groups excluding carboxylic acids is 4. The molecule has 13 heteroatoms. The van der Waals surface area contributed by atoms with Gasteiger partial charge >= 0.3 is 0 Å². The molecule has 1 unspecified atom stereocenters. The van der Waals surface area contributed by atoms with Crippen LogP contribution in [0.3, 0.4) is 0 Å². The normalized spacial score (nSPS) is 22.0. The Morgan fingerprint density at radius 1 is 0.893 bits per heavy atom. The lowest BCUT2D eigenvalue weighted by molar-refractivity contribution is -0.136. The van der Waals surface area contributed by atoms with E-state index in [2.05, 4.69) is 77.8 Å². The molecule has 1 atom stereocenters. The zero-order valence-corrected chi connectivity index (χ0v) is 32.1. The number of anilines is 2. The number of hydrogen-bond donors (Lipinski definition) is 3. The number of imide groups is 2. The largest absolute Gasteiger partial charge is 0.490 e.